The van der Waals surface area contributed by atoms with Crippen LogP contribution in [0.2, 0.25) is 0 Å². The number of benzene rings is 1. The van der Waals surface area contributed by atoms with Gasteiger partial charge >= 0.3 is 0 Å². The first-order chi connectivity index (χ1) is 9.52. The average Bonchev–Trinajstić information content (AvgIpc) is 2.78. The fraction of sp³-hybridized carbons (Fsp3) is 0.385. The Morgan fingerprint density at radius 2 is 2.14 bits per heavy atom. The second kappa shape index (κ2) is 7.33. The molecule has 21 heavy (non-hydrogen) atoms. The van der Waals surface area contributed by atoms with Crippen LogP contribution in [0, 0.1) is 17.6 Å². The molecule has 116 valence electrons. The van der Waals surface area contributed by atoms with Crippen molar-refractivity contribution in [2.75, 3.05) is 24.5 Å². The minimum Gasteiger partial charge on any atom is -0.355 e. The lowest BCUT2D eigenvalue weighted by Gasteiger charge is -2.17. The predicted molar refractivity (Wildman–Crippen MR) is 76.1 cm³/mol. The van der Waals surface area contributed by atoms with Gasteiger partial charge in [-0.3, -0.25) is 9.59 Å². The lowest BCUT2D eigenvalue weighted by atomic mass is 10.1. The van der Waals surface area contributed by atoms with Crippen LogP contribution in [0.4, 0.5) is 14.5 Å². The van der Waals surface area contributed by atoms with E-state index in [1.54, 1.807) is 0 Å². The highest BCUT2D eigenvalue weighted by Crippen LogP contribution is 2.27. The monoisotopic (exact) mass is 319 g/mol. The Morgan fingerprint density at radius 1 is 1.43 bits per heavy atom. The van der Waals surface area contributed by atoms with E-state index in [0.717, 1.165) is 6.07 Å². The third kappa shape index (κ3) is 3.89. The molecule has 1 aromatic rings. The van der Waals surface area contributed by atoms with Gasteiger partial charge < -0.3 is 16.0 Å². The molecule has 0 saturated carbocycles. The van der Waals surface area contributed by atoms with Crippen molar-refractivity contribution in [3.8, 4) is 0 Å². The van der Waals surface area contributed by atoms with Crippen LogP contribution in [0.1, 0.15) is 6.42 Å². The molecule has 1 fully saturated rings. The number of amides is 2. The maximum atomic E-state index is 13.7. The molecule has 2 rings (SSSR count). The Morgan fingerprint density at radius 3 is 2.76 bits per heavy atom. The zero-order valence-corrected chi connectivity index (χ0v) is 12.0. The Labute approximate surface area is 126 Å². The van der Waals surface area contributed by atoms with E-state index in [-0.39, 0.29) is 42.9 Å². The van der Waals surface area contributed by atoms with Gasteiger partial charge in [0.15, 0.2) is 0 Å². The highest BCUT2D eigenvalue weighted by molar-refractivity contribution is 6.00. The Bertz CT molecular complexity index is 542. The molecular formula is C13H16ClF2N3O2. The van der Waals surface area contributed by atoms with E-state index in [2.05, 4.69) is 5.32 Å². The molecule has 3 N–H and O–H groups in total. The molecule has 0 spiro atoms. The van der Waals surface area contributed by atoms with Gasteiger partial charge in [0.05, 0.1) is 11.6 Å². The summed E-state index contributed by atoms with van der Waals surface area (Å²) in [4.78, 5) is 24.8. The average molecular weight is 320 g/mol. The van der Waals surface area contributed by atoms with Gasteiger partial charge in [-0.1, -0.05) is 0 Å². The van der Waals surface area contributed by atoms with Crippen molar-refractivity contribution < 1.29 is 18.4 Å². The van der Waals surface area contributed by atoms with Crippen molar-refractivity contribution >= 4 is 29.9 Å². The molecule has 1 aromatic carbocycles. The van der Waals surface area contributed by atoms with Gasteiger partial charge in [-0.2, -0.15) is 0 Å². The largest absolute Gasteiger partial charge is 0.355 e. The van der Waals surface area contributed by atoms with Crippen LogP contribution in [0.15, 0.2) is 18.2 Å². The third-order valence-electron chi connectivity index (χ3n) is 3.14. The molecule has 1 unspecified atom stereocenters. The summed E-state index contributed by atoms with van der Waals surface area (Å²) in [6.07, 6.45) is 0.00716. The van der Waals surface area contributed by atoms with E-state index >= 15 is 0 Å². The summed E-state index contributed by atoms with van der Waals surface area (Å²) in [5, 5.41) is 2.59. The number of nitrogens with one attached hydrogen (secondary N) is 1. The molecule has 1 heterocycles. The van der Waals surface area contributed by atoms with Gasteiger partial charge in [-0.15, -0.1) is 12.4 Å². The number of carbonyl (C=O) groups is 2. The van der Waals surface area contributed by atoms with Crippen LogP contribution < -0.4 is 16.0 Å². The van der Waals surface area contributed by atoms with Crippen molar-refractivity contribution in [3.05, 3.63) is 29.8 Å². The van der Waals surface area contributed by atoms with Gasteiger partial charge in [-0.25, -0.2) is 8.78 Å². The van der Waals surface area contributed by atoms with Crippen LogP contribution in [0.25, 0.3) is 0 Å². The lowest BCUT2D eigenvalue weighted by molar-refractivity contribution is -0.126. The van der Waals surface area contributed by atoms with E-state index in [0.29, 0.717) is 19.2 Å². The molecule has 1 atom stereocenters. The number of hydrogen-bond donors (Lipinski definition) is 2. The number of carbonyl (C=O) groups excluding carboxylic acids is 2. The van der Waals surface area contributed by atoms with Crippen molar-refractivity contribution in [2.45, 2.75) is 6.42 Å². The third-order valence-corrected chi connectivity index (χ3v) is 3.14. The number of hydrogen-bond acceptors (Lipinski definition) is 3. The van der Waals surface area contributed by atoms with Crippen LogP contribution >= 0.6 is 12.4 Å². The molecule has 0 aromatic heterocycles. The number of nitrogens with zero attached hydrogens (tertiary/aromatic N) is 1. The topological polar surface area (TPSA) is 75.4 Å². The molecule has 5 nitrogen and oxygen atoms in total. The van der Waals surface area contributed by atoms with Crippen LogP contribution in [-0.2, 0) is 9.59 Å². The van der Waals surface area contributed by atoms with Gasteiger partial charge in [0, 0.05) is 32.1 Å². The molecule has 1 aliphatic heterocycles. The molecule has 0 bridgehead atoms. The maximum Gasteiger partial charge on any atom is 0.227 e. The van der Waals surface area contributed by atoms with Gasteiger partial charge in [0.25, 0.3) is 0 Å². The normalized spacial score (nSPS) is 17.6. The first-order valence-corrected chi connectivity index (χ1v) is 6.26. The molecule has 1 aliphatic rings. The lowest BCUT2D eigenvalue weighted by Crippen LogP contribution is -2.35. The first kappa shape index (κ1) is 17.3. The summed E-state index contributed by atoms with van der Waals surface area (Å²) >= 11 is 0. The quantitative estimate of drug-likeness (QED) is 0.862. The SMILES string of the molecule is Cl.NCCNC(=O)C1CC(=O)N(c2ccc(F)cc2F)C1. The Hall–Kier alpha value is -1.73. The van der Waals surface area contributed by atoms with E-state index in [1.165, 1.54) is 11.0 Å². The number of anilines is 1. The minimum atomic E-state index is -0.818. The number of rotatable bonds is 4. The molecule has 0 aliphatic carbocycles. The van der Waals surface area contributed by atoms with Gasteiger partial charge in [0.2, 0.25) is 11.8 Å². The number of halogens is 3. The smallest absolute Gasteiger partial charge is 0.227 e. The zero-order chi connectivity index (χ0) is 14.7. The van der Waals surface area contributed by atoms with Crippen molar-refractivity contribution in [1.29, 1.82) is 0 Å². The van der Waals surface area contributed by atoms with Crippen molar-refractivity contribution in [1.82, 2.24) is 5.32 Å². The van der Waals surface area contributed by atoms with E-state index in [4.69, 9.17) is 5.73 Å². The standard InChI is InChI=1S/C13H15F2N3O2.ClH/c14-9-1-2-11(10(15)6-9)18-7-8(5-12(18)19)13(20)17-4-3-16;/h1-2,6,8H,3-5,7,16H2,(H,17,20);1H. The second-order valence-electron chi connectivity index (χ2n) is 4.58. The van der Waals surface area contributed by atoms with Gasteiger partial charge in [0.1, 0.15) is 11.6 Å². The molecule has 1 saturated heterocycles. The fourth-order valence-electron chi connectivity index (χ4n) is 2.16. The second-order valence-corrected chi connectivity index (χ2v) is 4.58. The van der Waals surface area contributed by atoms with Crippen LogP contribution in [0.3, 0.4) is 0 Å². The Kier molecular flexibility index (Phi) is 6.04. The summed E-state index contributed by atoms with van der Waals surface area (Å²) in [5.41, 5.74) is 5.27. The summed E-state index contributed by atoms with van der Waals surface area (Å²) in [6, 6.07) is 2.99. The van der Waals surface area contributed by atoms with E-state index in [9.17, 15) is 18.4 Å². The number of nitrogens with two attached hydrogens (primary N) is 1. The van der Waals surface area contributed by atoms with Crippen LogP contribution in [-0.4, -0.2) is 31.4 Å². The predicted octanol–water partition coefficient (Wildman–Crippen LogP) is 0.814. The molecule has 0 radical (unpaired) electrons. The summed E-state index contributed by atoms with van der Waals surface area (Å²) in [5.74, 6) is -2.72. The maximum absolute atomic E-state index is 13.7. The van der Waals surface area contributed by atoms with E-state index < -0.39 is 17.6 Å². The highest BCUT2D eigenvalue weighted by atomic mass is 35.5. The molecular weight excluding hydrogens is 304 g/mol. The van der Waals surface area contributed by atoms with Crippen molar-refractivity contribution in [3.63, 3.8) is 0 Å². The zero-order valence-electron chi connectivity index (χ0n) is 11.1. The summed E-state index contributed by atoms with van der Waals surface area (Å²) < 4.78 is 26.5. The van der Waals surface area contributed by atoms with Gasteiger partial charge in [-0.05, 0) is 12.1 Å². The summed E-state index contributed by atoms with van der Waals surface area (Å²) in [6.45, 7) is 0.717. The van der Waals surface area contributed by atoms with Crippen molar-refractivity contribution in [2.24, 2.45) is 11.7 Å². The summed E-state index contributed by atoms with van der Waals surface area (Å²) in [7, 11) is 0. The first-order valence-electron chi connectivity index (χ1n) is 6.26. The van der Waals surface area contributed by atoms with E-state index in [1.807, 2.05) is 0 Å². The van der Waals surface area contributed by atoms with Crippen LogP contribution in [0.5, 0.6) is 0 Å². The fourth-order valence-corrected chi connectivity index (χ4v) is 2.16. The highest BCUT2D eigenvalue weighted by Gasteiger charge is 2.36. The molecule has 8 heteroatoms. The Balaban J connectivity index is 0.00000220. The minimum absolute atomic E-state index is 0. The molecule has 2 amide bonds.